The van der Waals surface area contributed by atoms with Crippen LogP contribution in [0.5, 0.6) is 0 Å². The normalized spacial score (nSPS) is 21.9. The molecule has 2 fully saturated rings. The minimum atomic E-state index is -4.85. The molecule has 0 spiro atoms. The second-order valence-electron chi connectivity index (χ2n) is 5.98. The molecule has 14 heteroatoms. The number of amides is 6. The first-order chi connectivity index (χ1) is 12.4. The van der Waals surface area contributed by atoms with Gasteiger partial charge in [-0.15, -0.1) is 0 Å². The molecule has 2 rings (SSSR count). The highest BCUT2D eigenvalue weighted by molar-refractivity contribution is 7.84. The van der Waals surface area contributed by atoms with Crippen molar-refractivity contribution in [3.8, 4) is 0 Å². The molecule has 0 aromatic rings. The third-order valence-electron chi connectivity index (χ3n) is 4.21. The first kappa shape index (κ1) is 20.7. The number of hydrogen-bond donors (Lipinski definition) is 2. The SMILES string of the molecule is CCN1CCN(C(=O)N(C(=O)[C@@H](C)N)C2CN(S(=O)(=O)O)C2=O)C(=O)C1=O. The summed E-state index contributed by atoms with van der Waals surface area (Å²) >= 11 is 0. The van der Waals surface area contributed by atoms with Crippen LogP contribution in [0.1, 0.15) is 13.8 Å². The highest BCUT2D eigenvalue weighted by Crippen LogP contribution is 2.23. The Balaban J connectivity index is 2.29. The van der Waals surface area contributed by atoms with Crippen LogP contribution < -0.4 is 5.73 Å². The van der Waals surface area contributed by atoms with Gasteiger partial charge >= 0.3 is 28.1 Å². The Kier molecular flexibility index (Phi) is 5.53. The quantitative estimate of drug-likeness (QED) is 0.280. The van der Waals surface area contributed by atoms with Crippen LogP contribution in [0.2, 0.25) is 0 Å². The second kappa shape index (κ2) is 7.21. The maximum atomic E-state index is 12.7. The van der Waals surface area contributed by atoms with E-state index >= 15 is 0 Å². The molecule has 13 nitrogen and oxygen atoms in total. The van der Waals surface area contributed by atoms with Crippen molar-refractivity contribution in [2.45, 2.75) is 25.9 Å². The monoisotopic (exact) mass is 405 g/mol. The molecule has 0 radical (unpaired) electrons. The average Bonchev–Trinajstić information content (AvgIpc) is 2.57. The summed E-state index contributed by atoms with van der Waals surface area (Å²) in [6.45, 7) is 2.28. The number of nitrogens with two attached hydrogens (primary N) is 1. The summed E-state index contributed by atoms with van der Waals surface area (Å²) in [6, 6.07) is -4.06. The van der Waals surface area contributed by atoms with Gasteiger partial charge in [-0.05, 0) is 13.8 Å². The van der Waals surface area contributed by atoms with Crippen molar-refractivity contribution >= 4 is 40.0 Å². The molecule has 2 heterocycles. The zero-order valence-corrected chi connectivity index (χ0v) is 15.4. The van der Waals surface area contributed by atoms with Gasteiger partial charge in [0.05, 0.1) is 12.6 Å². The number of urea groups is 1. The van der Waals surface area contributed by atoms with Crippen LogP contribution in [-0.4, -0.2) is 99.9 Å². The summed E-state index contributed by atoms with van der Waals surface area (Å²) in [5.41, 5.74) is 5.48. The molecule has 2 saturated heterocycles. The Hall–Kier alpha value is -2.58. The van der Waals surface area contributed by atoms with Crippen LogP contribution in [-0.2, 0) is 29.5 Å². The van der Waals surface area contributed by atoms with E-state index in [0.717, 1.165) is 0 Å². The van der Waals surface area contributed by atoms with Gasteiger partial charge in [0.2, 0.25) is 5.91 Å². The summed E-state index contributed by atoms with van der Waals surface area (Å²) in [6.07, 6.45) is 0. The standard InChI is InChI=1S/C13H19N5O8S/c1-3-15-4-5-16(12(22)11(15)21)13(23)18(9(19)7(2)14)8-6-17(10(8)20)27(24,25)26/h7-8H,3-6,14H2,1-2H3,(H,24,25,26)/t7-,8?/m1/s1. The third kappa shape index (κ3) is 3.63. The number of β-lactam (4-membered cyclic amide) rings is 1. The van der Waals surface area contributed by atoms with Gasteiger partial charge in [-0.2, -0.15) is 8.42 Å². The van der Waals surface area contributed by atoms with Gasteiger partial charge in [-0.25, -0.2) is 14.0 Å². The molecule has 2 atom stereocenters. The maximum Gasteiger partial charge on any atom is 0.362 e. The summed E-state index contributed by atoms with van der Waals surface area (Å²) in [5, 5.41) is 0. The lowest BCUT2D eigenvalue weighted by Gasteiger charge is -2.43. The van der Waals surface area contributed by atoms with Gasteiger partial charge in [0.25, 0.3) is 5.91 Å². The van der Waals surface area contributed by atoms with E-state index in [1.54, 1.807) is 6.92 Å². The molecule has 1 unspecified atom stereocenters. The molecule has 3 N–H and O–H groups in total. The van der Waals surface area contributed by atoms with Crippen LogP contribution in [0, 0.1) is 0 Å². The van der Waals surface area contributed by atoms with E-state index in [1.165, 1.54) is 11.8 Å². The lowest BCUT2D eigenvalue weighted by molar-refractivity contribution is -0.156. The Morgan fingerprint density at radius 1 is 1.26 bits per heavy atom. The Morgan fingerprint density at radius 3 is 2.30 bits per heavy atom. The van der Waals surface area contributed by atoms with E-state index in [4.69, 9.17) is 10.3 Å². The van der Waals surface area contributed by atoms with Gasteiger partial charge in [0.15, 0.2) is 0 Å². The first-order valence-corrected chi connectivity index (χ1v) is 9.33. The zero-order valence-electron chi connectivity index (χ0n) is 14.6. The van der Waals surface area contributed by atoms with Gasteiger partial charge in [0, 0.05) is 19.6 Å². The number of rotatable bonds is 4. The fourth-order valence-corrected chi connectivity index (χ4v) is 3.35. The van der Waals surface area contributed by atoms with Crippen molar-refractivity contribution in [2.75, 3.05) is 26.2 Å². The molecule has 0 aromatic carbocycles. The predicted octanol–water partition coefficient (Wildman–Crippen LogP) is -3.01. The van der Waals surface area contributed by atoms with Crippen LogP contribution in [0.4, 0.5) is 4.79 Å². The minimum Gasteiger partial charge on any atom is -0.333 e. The van der Waals surface area contributed by atoms with Gasteiger partial charge in [-0.3, -0.25) is 28.6 Å². The fourth-order valence-electron chi connectivity index (χ4n) is 2.67. The van der Waals surface area contributed by atoms with Crippen molar-refractivity contribution in [3.63, 3.8) is 0 Å². The highest BCUT2D eigenvalue weighted by Gasteiger charge is 2.52. The third-order valence-corrected chi connectivity index (χ3v) is 5.10. The fraction of sp³-hybridized carbons (Fsp3) is 0.615. The molecule has 2 aliphatic rings. The Labute approximate surface area is 154 Å². The molecular formula is C13H19N5O8S. The van der Waals surface area contributed by atoms with E-state index in [0.29, 0.717) is 9.80 Å². The summed E-state index contributed by atoms with van der Waals surface area (Å²) in [5.74, 6) is -4.38. The molecule has 0 saturated carbocycles. The number of piperazine rings is 1. The summed E-state index contributed by atoms with van der Waals surface area (Å²) in [7, 11) is -4.85. The van der Waals surface area contributed by atoms with Crippen LogP contribution >= 0.6 is 0 Å². The second-order valence-corrected chi connectivity index (χ2v) is 7.32. The smallest absolute Gasteiger partial charge is 0.333 e. The predicted molar refractivity (Wildman–Crippen MR) is 86.9 cm³/mol. The van der Waals surface area contributed by atoms with E-state index in [9.17, 15) is 32.4 Å². The van der Waals surface area contributed by atoms with Crippen molar-refractivity contribution in [1.29, 1.82) is 0 Å². The maximum absolute atomic E-state index is 12.7. The number of imide groups is 2. The van der Waals surface area contributed by atoms with Crippen LogP contribution in [0.3, 0.4) is 0 Å². The van der Waals surface area contributed by atoms with Crippen LogP contribution in [0.15, 0.2) is 0 Å². The number of likely N-dealkylation sites (N-methyl/N-ethyl adjacent to an activating group) is 1. The highest BCUT2D eigenvalue weighted by atomic mass is 32.2. The molecule has 0 aliphatic carbocycles. The number of hydrogen-bond acceptors (Lipinski definition) is 8. The average molecular weight is 405 g/mol. The lowest BCUT2D eigenvalue weighted by atomic mass is 10.1. The molecule has 6 amide bonds. The first-order valence-electron chi connectivity index (χ1n) is 7.94. The molecule has 0 aromatic heterocycles. The van der Waals surface area contributed by atoms with Crippen molar-refractivity contribution in [1.82, 2.24) is 19.0 Å². The lowest BCUT2D eigenvalue weighted by Crippen LogP contribution is -2.71. The molecular weight excluding hydrogens is 386 g/mol. The topological polar surface area (TPSA) is 179 Å². The number of nitrogens with zero attached hydrogens (tertiary/aromatic N) is 4. The van der Waals surface area contributed by atoms with Crippen molar-refractivity contribution < 1.29 is 36.9 Å². The van der Waals surface area contributed by atoms with E-state index in [-0.39, 0.29) is 23.9 Å². The van der Waals surface area contributed by atoms with Gasteiger partial charge < -0.3 is 10.6 Å². The van der Waals surface area contributed by atoms with E-state index in [1.807, 2.05) is 0 Å². The molecule has 2 aliphatic heterocycles. The minimum absolute atomic E-state index is 0.0444. The molecule has 0 bridgehead atoms. The Morgan fingerprint density at radius 2 is 1.85 bits per heavy atom. The molecule has 150 valence electrons. The van der Waals surface area contributed by atoms with Gasteiger partial charge in [0.1, 0.15) is 6.04 Å². The zero-order chi connectivity index (χ0) is 20.7. The van der Waals surface area contributed by atoms with E-state index in [2.05, 4.69) is 0 Å². The summed E-state index contributed by atoms with van der Waals surface area (Å²) in [4.78, 5) is 63.3. The van der Waals surface area contributed by atoms with E-state index < -0.39 is 58.6 Å². The van der Waals surface area contributed by atoms with Gasteiger partial charge in [-0.1, -0.05) is 0 Å². The largest absolute Gasteiger partial charge is 0.362 e. The van der Waals surface area contributed by atoms with Crippen molar-refractivity contribution in [3.05, 3.63) is 0 Å². The summed E-state index contributed by atoms with van der Waals surface area (Å²) < 4.78 is 31.1. The molecule has 27 heavy (non-hydrogen) atoms. The number of carbonyl (C=O) groups is 5. The number of carbonyl (C=O) groups excluding carboxylic acids is 5. The van der Waals surface area contributed by atoms with Crippen molar-refractivity contribution in [2.24, 2.45) is 5.73 Å². The van der Waals surface area contributed by atoms with Crippen LogP contribution in [0.25, 0.3) is 0 Å². The Bertz CT molecular complexity index is 810.